The predicted molar refractivity (Wildman–Crippen MR) is 147 cm³/mol. The van der Waals surface area contributed by atoms with Gasteiger partial charge in [-0.25, -0.2) is 0 Å². The number of aryl methyl sites for hydroxylation is 6. The molecule has 3 aliphatic carbocycles. The first kappa shape index (κ1) is 22.6. The van der Waals surface area contributed by atoms with Crippen LogP contribution in [0.15, 0.2) is 0 Å². The smallest absolute Gasteiger partial charge is 0.00865 e. The average molecular weight is 495 g/mol. The number of hydrogen-bond acceptors (Lipinski definition) is 3. The lowest BCUT2D eigenvalue weighted by molar-refractivity contribution is 0.237. The normalized spacial score (nSPS) is 20.8. The highest BCUT2D eigenvalue weighted by atomic mass is 32.1. The van der Waals surface area contributed by atoms with Crippen LogP contribution in [0.25, 0.3) is 0 Å². The van der Waals surface area contributed by atoms with E-state index in [1.165, 1.54) is 70.6 Å². The fourth-order valence-electron chi connectivity index (χ4n) is 7.54. The van der Waals surface area contributed by atoms with E-state index >= 15 is 0 Å². The standard InChI is InChI=1S/C30H38S3/c1-17-22-7-6-8-23(22)28(32-17)11-12-29-24-10-9-21(13-25(24)18(2)33-29)14-30(5)15-26-19(3)31-20(4)27(26)16-30/h21H,6-16H2,1-5H3. The Bertz CT molecular complexity index is 1190. The van der Waals surface area contributed by atoms with E-state index in [-0.39, 0.29) is 0 Å². The van der Waals surface area contributed by atoms with Crippen LogP contribution in [0.5, 0.6) is 0 Å². The van der Waals surface area contributed by atoms with Crippen LogP contribution < -0.4 is 0 Å². The van der Waals surface area contributed by atoms with E-state index in [2.05, 4.69) is 57.3 Å². The molecule has 0 saturated carbocycles. The summed E-state index contributed by atoms with van der Waals surface area (Å²) in [6, 6.07) is 0. The maximum Gasteiger partial charge on any atom is 0.00865 e. The molecule has 0 saturated heterocycles. The molecule has 0 amide bonds. The van der Waals surface area contributed by atoms with E-state index in [1.54, 1.807) is 62.6 Å². The van der Waals surface area contributed by atoms with Gasteiger partial charge in [-0.3, -0.25) is 0 Å². The van der Waals surface area contributed by atoms with Crippen molar-refractivity contribution in [1.29, 1.82) is 0 Å². The summed E-state index contributed by atoms with van der Waals surface area (Å²) in [6.45, 7) is 12.0. The van der Waals surface area contributed by atoms with Crippen LogP contribution >= 0.6 is 34.0 Å². The van der Waals surface area contributed by atoms with Crippen molar-refractivity contribution in [3.63, 3.8) is 0 Å². The fourth-order valence-corrected chi connectivity index (χ4v) is 11.2. The molecular formula is C30H38S3. The molecule has 1 unspecified atom stereocenters. The van der Waals surface area contributed by atoms with Gasteiger partial charge in [-0.05, 0) is 143 Å². The van der Waals surface area contributed by atoms with E-state index in [4.69, 9.17) is 0 Å². The van der Waals surface area contributed by atoms with Gasteiger partial charge < -0.3 is 0 Å². The van der Waals surface area contributed by atoms with Gasteiger partial charge in [-0.15, -0.1) is 34.0 Å². The molecule has 3 aliphatic rings. The fraction of sp³-hybridized carbons (Fsp3) is 0.600. The molecule has 3 heteroatoms. The Labute approximate surface area is 212 Å². The van der Waals surface area contributed by atoms with Crippen molar-refractivity contribution in [2.45, 2.75) is 105 Å². The second-order valence-corrected chi connectivity index (χ2v) is 15.6. The summed E-state index contributed by atoms with van der Waals surface area (Å²) in [4.78, 5) is 9.83. The molecule has 0 nitrogen and oxygen atoms in total. The van der Waals surface area contributed by atoms with Gasteiger partial charge in [0.1, 0.15) is 0 Å². The van der Waals surface area contributed by atoms with E-state index < -0.39 is 0 Å². The quantitative estimate of drug-likeness (QED) is 0.333. The molecule has 0 bridgehead atoms. The van der Waals surface area contributed by atoms with Crippen molar-refractivity contribution < 1.29 is 0 Å². The van der Waals surface area contributed by atoms with Crippen LogP contribution in [-0.2, 0) is 51.4 Å². The van der Waals surface area contributed by atoms with Crippen molar-refractivity contribution in [2.75, 3.05) is 0 Å². The molecule has 0 radical (unpaired) electrons. The minimum Gasteiger partial charge on any atom is -0.145 e. The molecule has 3 heterocycles. The van der Waals surface area contributed by atoms with E-state index in [0.717, 1.165) is 5.92 Å². The lowest BCUT2D eigenvalue weighted by Gasteiger charge is -2.32. The Hall–Kier alpha value is -0.900. The molecule has 3 aromatic rings. The summed E-state index contributed by atoms with van der Waals surface area (Å²) < 4.78 is 0. The summed E-state index contributed by atoms with van der Waals surface area (Å²) in [5, 5.41) is 0. The van der Waals surface area contributed by atoms with Gasteiger partial charge >= 0.3 is 0 Å². The second kappa shape index (κ2) is 8.35. The minimum atomic E-state index is 0.487. The van der Waals surface area contributed by atoms with Crippen LogP contribution in [0.2, 0.25) is 0 Å². The molecule has 1 atom stereocenters. The predicted octanol–water partition coefficient (Wildman–Crippen LogP) is 8.68. The second-order valence-electron chi connectivity index (χ2n) is 11.6. The van der Waals surface area contributed by atoms with Crippen LogP contribution in [0.4, 0.5) is 0 Å². The summed E-state index contributed by atoms with van der Waals surface area (Å²) in [7, 11) is 0. The Morgan fingerprint density at radius 3 is 1.88 bits per heavy atom. The molecule has 0 N–H and O–H groups in total. The zero-order chi connectivity index (χ0) is 22.9. The van der Waals surface area contributed by atoms with Crippen LogP contribution in [0, 0.1) is 39.0 Å². The molecule has 0 aliphatic heterocycles. The van der Waals surface area contributed by atoms with Crippen LogP contribution in [0.1, 0.15) is 88.8 Å². The van der Waals surface area contributed by atoms with E-state index in [1.807, 2.05) is 11.3 Å². The molecule has 0 fully saturated rings. The zero-order valence-electron chi connectivity index (χ0n) is 21.1. The lowest BCUT2D eigenvalue weighted by Crippen LogP contribution is -2.25. The average Bonchev–Trinajstić information content (AvgIpc) is 3.55. The van der Waals surface area contributed by atoms with Gasteiger partial charge in [0, 0.05) is 29.3 Å². The number of hydrogen-bond donors (Lipinski definition) is 0. The minimum absolute atomic E-state index is 0.487. The Kier molecular flexibility index (Phi) is 5.71. The Balaban J connectivity index is 1.14. The summed E-state index contributed by atoms with van der Waals surface area (Å²) in [5.74, 6) is 0.875. The zero-order valence-corrected chi connectivity index (χ0v) is 23.5. The summed E-state index contributed by atoms with van der Waals surface area (Å²) >= 11 is 6.26. The highest BCUT2D eigenvalue weighted by Crippen LogP contribution is 2.49. The highest BCUT2D eigenvalue weighted by molar-refractivity contribution is 7.13. The van der Waals surface area contributed by atoms with Gasteiger partial charge in [0.15, 0.2) is 0 Å². The van der Waals surface area contributed by atoms with Crippen molar-refractivity contribution in [3.8, 4) is 0 Å². The summed E-state index contributed by atoms with van der Waals surface area (Å²) in [6.07, 6.45) is 14.7. The Morgan fingerprint density at radius 2 is 1.21 bits per heavy atom. The molecule has 3 aromatic heterocycles. The molecular weight excluding hydrogens is 457 g/mol. The Morgan fingerprint density at radius 1 is 0.667 bits per heavy atom. The first-order chi connectivity index (χ1) is 15.8. The third-order valence-corrected chi connectivity index (χ3v) is 12.6. The van der Waals surface area contributed by atoms with Gasteiger partial charge in [0.25, 0.3) is 0 Å². The van der Waals surface area contributed by atoms with Crippen molar-refractivity contribution >= 4 is 34.0 Å². The highest BCUT2D eigenvalue weighted by Gasteiger charge is 2.38. The topological polar surface area (TPSA) is 0 Å². The van der Waals surface area contributed by atoms with Crippen molar-refractivity contribution in [2.24, 2.45) is 11.3 Å². The van der Waals surface area contributed by atoms with Gasteiger partial charge in [-0.2, -0.15) is 0 Å². The molecule has 176 valence electrons. The van der Waals surface area contributed by atoms with E-state index in [9.17, 15) is 0 Å². The largest absolute Gasteiger partial charge is 0.145 e. The summed E-state index contributed by atoms with van der Waals surface area (Å²) in [5.41, 5.74) is 10.9. The molecule has 6 rings (SSSR count). The first-order valence-electron chi connectivity index (χ1n) is 13.1. The number of fused-ring (bicyclic) bond motifs is 3. The van der Waals surface area contributed by atoms with E-state index in [0.29, 0.717) is 5.41 Å². The first-order valence-corrected chi connectivity index (χ1v) is 15.5. The van der Waals surface area contributed by atoms with Crippen LogP contribution in [0.3, 0.4) is 0 Å². The van der Waals surface area contributed by atoms with Gasteiger partial charge in [0.05, 0.1) is 0 Å². The lowest BCUT2D eigenvalue weighted by atomic mass is 9.72. The number of rotatable bonds is 5. The third kappa shape index (κ3) is 3.91. The van der Waals surface area contributed by atoms with Crippen molar-refractivity contribution in [3.05, 3.63) is 62.6 Å². The van der Waals surface area contributed by atoms with Crippen molar-refractivity contribution in [1.82, 2.24) is 0 Å². The maximum absolute atomic E-state index is 2.58. The molecule has 33 heavy (non-hydrogen) atoms. The third-order valence-electron chi connectivity index (χ3n) is 9.04. The maximum atomic E-state index is 2.58. The van der Waals surface area contributed by atoms with Crippen LogP contribution in [-0.4, -0.2) is 0 Å². The van der Waals surface area contributed by atoms with Gasteiger partial charge in [0.2, 0.25) is 0 Å². The van der Waals surface area contributed by atoms with Gasteiger partial charge in [-0.1, -0.05) is 6.92 Å². The SMILES string of the molecule is Cc1sc(C)c2c1CC(C)(CC1CCc3c(CCc4sc(C)c5c4CCC5)sc(C)c3C1)C2. The molecule has 0 spiro atoms. The monoisotopic (exact) mass is 494 g/mol. The molecule has 0 aromatic carbocycles. The number of thiophene rings is 3.